The Morgan fingerprint density at radius 1 is 1.22 bits per heavy atom. The molecule has 6 N–H and O–H groups in total. The van der Waals surface area contributed by atoms with E-state index in [0.29, 0.717) is 5.92 Å². The second kappa shape index (κ2) is 10.5. The van der Waals surface area contributed by atoms with Crippen molar-refractivity contribution in [3.63, 3.8) is 0 Å². The zero-order valence-electron chi connectivity index (χ0n) is 22.3. The van der Waals surface area contributed by atoms with Crippen molar-refractivity contribution >= 4 is 49.9 Å². The number of aliphatic hydroxyl groups is 2. The van der Waals surface area contributed by atoms with E-state index in [2.05, 4.69) is 41.0 Å². The normalized spacial score (nSPS) is 34.2. The van der Waals surface area contributed by atoms with Crippen LogP contribution in [0.5, 0.6) is 0 Å². The predicted octanol–water partition coefficient (Wildman–Crippen LogP) is 2.20. The molecule has 3 aliphatic rings. The number of hydrogen-bond donors (Lipinski definition) is 6. The fourth-order valence-electron chi connectivity index (χ4n) is 6.29. The van der Waals surface area contributed by atoms with E-state index in [9.17, 15) is 29.0 Å². The Labute approximate surface area is 239 Å². The fourth-order valence-corrected chi connectivity index (χ4v) is 9.02. The molecule has 2 bridgehead atoms. The van der Waals surface area contributed by atoms with Crippen LogP contribution in [-0.2, 0) is 23.1 Å². The Balaban J connectivity index is 1.31. The molecule has 0 radical (unpaired) electrons. The lowest BCUT2D eigenvalue weighted by Crippen LogP contribution is -2.39. The molecule has 16 nitrogen and oxygen atoms in total. The first-order valence-electron chi connectivity index (χ1n) is 12.8. The number of aliphatic hydroxyl groups excluding tert-OH is 2. The van der Waals surface area contributed by atoms with Crippen LogP contribution in [0.25, 0.3) is 11.2 Å². The van der Waals surface area contributed by atoms with E-state index in [1.54, 1.807) is 0 Å². The lowest BCUT2D eigenvalue weighted by atomic mass is 9.70. The molecule has 3 fully saturated rings. The number of fused-ring (bicyclic) bond motifs is 3. The van der Waals surface area contributed by atoms with Crippen molar-refractivity contribution < 1.29 is 52.8 Å². The summed E-state index contributed by atoms with van der Waals surface area (Å²) < 4.78 is 40.4. The van der Waals surface area contributed by atoms with E-state index in [1.165, 1.54) is 10.9 Å². The minimum absolute atomic E-state index is 0.0282. The maximum atomic E-state index is 12.9. The number of halogens is 1. The van der Waals surface area contributed by atoms with Crippen molar-refractivity contribution in [3.8, 4) is 0 Å². The second-order valence-corrected chi connectivity index (χ2v) is 15.9. The topological polar surface area (TPSA) is 236 Å². The predicted molar refractivity (Wildman–Crippen MR) is 142 cm³/mol. The van der Waals surface area contributed by atoms with Gasteiger partial charge in [0.2, 0.25) is 5.28 Å². The van der Waals surface area contributed by atoms with Crippen molar-refractivity contribution in [2.45, 2.75) is 70.7 Å². The number of nitrogens with one attached hydrogen (secondary N) is 1. The third-order valence-electron chi connectivity index (χ3n) is 8.99. The van der Waals surface area contributed by atoms with Gasteiger partial charge in [-0.15, -0.1) is 0 Å². The molecular weight excluding hydrogens is 608 g/mol. The van der Waals surface area contributed by atoms with Crippen molar-refractivity contribution in [2.24, 2.45) is 16.7 Å². The zero-order valence-corrected chi connectivity index (χ0v) is 24.9. The number of carbonyl (C=O) groups excluding carboxylic acids is 1. The van der Waals surface area contributed by atoms with Crippen LogP contribution < -0.4 is 5.32 Å². The Bertz CT molecular complexity index is 1450. The average Bonchev–Trinajstić information content (AvgIpc) is 3.49. The van der Waals surface area contributed by atoms with E-state index in [-0.39, 0.29) is 39.2 Å². The lowest BCUT2D eigenvalue weighted by molar-refractivity contribution is -0.0483. The van der Waals surface area contributed by atoms with Gasteiger partial charge < -0.3 is 38.9 Å². The van der Waals surface area contributed by atoms with Gasteiger partial charge in [-0.25, -0.2) is 9.78 Å². The first-order valence-corrected chi connectivity index (χ1v) is 16.8. The standard InChI is InChI=1S/C22H32ClN5O11P2/c1-21(2)10-4-5-22(21,3)12(6-10)39-20(31)26-16-13-17(27-19(23)25-16)28(8-24-13)18-15(30)14(29)11(38-18)7-37-41(35,36)9-40(32,33)34/h8,10-12,14-15,18,29-30H,4-7,9H2,1-3H3,(H,35,36)(H2,32,33,34)(H,25,26,27,31)/t10-,11?,12?,14?,15?,18?,22+/m1/s1. The fraction of sp³-hybridized carbons (Fsp3) is 0.727. The van der Waals surface area contributed by atoms with Gasteiger partial charge in [-0.2, -0.15) is 9.97 Å². The molecule has 8 atom stereocenters. The largest absolute Gasteiger partial charge is 0.445 e. The molecule has 0 spiro atoms. The molecule has 6 unspecified atom stereocenters. The molecule has 228 valence electrons. The molecule has 1 saturated heterocycles. The molecule has 0 aromatic carbocycles. The van der Waals surface area contributed by atoms with Crippen molar-refractivity contribution in [3.05, 3.63) is 11.6 Å². The number of rotatable bonds is 8. The maximum absolute atomic E-state index is 12.9. The lowest BCUT2D eigenvalue weighted by Gasteiger charge is -2.38. The molecule has 2 aromatic rings. The minimum Gasteiger partial charge on any atom is -0.445 e. The molecule has 2 aliphatic carbocycles. The van der Waals surface area contributed by atoms with Gasteiger partial charge >= 0.3 is 21.3 Å². The number of aromatic nitrogens is 4. The van der Waals surface area contributed by atoms with Gasteiger partial charge in [-0.3, -0.25) is 19.0 Å². The highest BCUT2D eigenvalue weighted by Gasteiger charge is 2.63. The number of carbonyl (C=O) groups is 1. The van der Waals surface area contributed by atoms with Crippen molar-refractivity contribution in [2.75, 3.05) is 17.8 Å². The molecule has 19 heteroatoms. The third-order valence-corrected chi connectivity index (χ3v) is 12.6. The molecule has 1 amide bonds. The zero-order chi connectivity index (χ0) is 30.1. The van der Waals surface area contributed by atoms with Crippen LogP contribution in [0.3, 0.4) is 0 Å². The van der Waals surface area contributed by atoms with E-state index in [1.807, 2.05) is 0 Å². The highest BCUT2D eigenvalue weighted by atomic mass is 35.5. The third kappa shape index (κ3) is 5.67. The summed E-state index contributed by atoms with van der Waals surface area (Å²) >= 11 is 6.12. The Morgan fingerprint density at radius 2 is 1.93 bits per heavy atom. The Morgan fingerprint density at radius 3 is 2.54 bits per heavy atom. The monoisotopic (exact) mass is 639 g/mol. The van der Waals surface area contributed by atoms with Crippen LogP contribution in [0, 0.1) is 16.7 Å². The molecule has 3 heterocycles. The summed E-state index contributed by atoms with van der Waals surface area (Å²) in [5.74, 6) is -1.02. The van der Waals surface area contributed by atoms with E-state index in [4.69, 9.17) is 35.4 Å². The van der Waals surface area contributed by atoms with Crippen molar-refractivity contribution in [1.82, 2.24) is 19.5 Å². The van der Waals surface area contributed by atoms with E-state index in [0.717, 1.165) is 19.3 Å². The highest BCUT2D eigenvalue weighted by molar-refractivity contribution is 7.70. The summed E-state index contributed by atoms with van der Waals surface area (Å²) in [6.07, 6.45) is -2.90. The number of amides is 1. The van der Waals surface area contributed by atoms with Crippen LogP contribution in [0.15, 0.2) is 6.33 Å². The number of anilines is 1. The number of hydrogen-bond acceptors (Lipinski definition) is 11. The van der Waals surface area contributed by atoms with Crippen LogP contribution in [0.1, 0.15) is 46.3 Å². The Hall–Kier alpha value is -1.71. The molecular formula is C22H32ClN5O11P2. The molecule has 5 rings (SSSR count). The first-order chi connectivity index (χ1) is 18.9. The molecule has 2 saturated carbocycles. The van der Waals surface area contributed by atoms with Gasteiger partial charge in [0.25, 0.3) is 0 Å². The van der Waals surface area contributed by atoms with Crippen LogP contribution >= 0.6 is 26.8 Å². The van der Waals surface area contributed by atoms with Gasteiger partial charge in [0.15, 0.2) is 29.1 Å². The summed E-state index contributed by atoms with van der Waals surface area (Å²) in [5, 5.41) is 23.4. The highest BCUT2D eigenvalue weighted by Crippen LogP contribution is 2.66. The second-order valence-electron chi connectivity index (χ2n) is 11.6. The van der Waals surface area contributed by atoms with Gasteiger partial charge in [-0.05, 0) is 42.2 Å². The summed E-state index contributed by atoms with van der Waals surface area (Å²) in [4.78, 5) is 52.9. The van der Waals surface area contributed by atoms with E-state index < -0.39 is 58.3 Å². The van der Waals surface area contributed by atoms with Gasteiger partial charge in [0, 0.05) is 5.41 Å². The first kappa shape index (κ1) is 30.7. The van der Waals surface area contributed by atoms with Gasteiger partial charge in [0.1, 0.15) is 24.4 Å². The van der Waals surface area contributed by atoms with Crippen LogP contribution in [-0.4, -0.2) is 87.4 Å². The minimum atomic E-state index is -4.86. The average molecular weight is 640 g/mol. The SMILES string of the molecule is CC1(C)[C@@H]2CC[C@@]1(C)C(OC(=O)Nc1nc(Cl)nc3c1ncn3C1OC(COP(=O)(O)CP(=O)(O)O)C(O)C1O)C2. The number of ether oxygens (including phenoxy) is 2. The summed E-state index contributed by atoms with van der Waals surface area (Å²) in [5.41, 5.74) is -0.0184. The van der Waals surface area contributed by atoms with Gasteiger partial charge in [-0.1, -0.05) is 20.8 Å². The van der Waals surface area contributed by atoms with E-state index >= 15 is 0 Å². The summed E-state index contributed by atoms with van der Waals surface area (Å²) in [6, 6.07) is 0. The van der Waals surface area contributed by atoms with Crippen LogP contribution in [0.4, 0.5) is 10.6 Å². The van der Waals surface area contributed by atoms with Gasteiger partial charge in [0.05, 0.1) is 12.9 Å². The maximum Gasteiger partial charge on any atom is 0.413 e. The summed E-state index contributed by atoms with van der Waals surface area (Å²) in [7, 11) is -9.59. The van der Waals surface area contributed by atoms with Crippen LogP contribution in [0.2, 0.25) is 5.28 Å². The molecule has 1 aliphatic heterocycles. The summed E-state index contributed by atoms with van der Waals surface area (Å²) in [6.45, 7) is 5.77. The number of imidazole rings is 1. The van der Waals surface area contributed by atoms with Crippen molar-refractivity contribution in [1.29, 1.82) is 0 Å². The molecule has 2 aromatic heterocycles. The Kier molecular flexibility index (Phi) is 7.85. The number of nitrogens with zero attached hydrogens (tertiary/aromatic N) is 4. The quantitative estimate of drug-likeness (QED) is 0.179. The molecule has 41 heavy (non-hydrogen) atoms. The smallest absolute Gasteiger partial charge is 0.413 e.